The maximum atomic E-state index is 5.48. The zero-order valence-corrected chi connectivity index (χ0v) is 14.7. The van der Waals surface area contributed by atoms with Gasteiger partial charge in [-0.2, -0.15) is 0 Å². The minimum atomic E-state index is 0.0427. The summed E-state index contributed by atoms with van der Waals surface area (Å²) in [6.45, 7) is 4.40. The highest BCUT2D eigenvalue weighted by atomic mass is 32.1. The molecule has 0 amide bonds. The first-order valence-electron chi connectivity index (χ1n) is 8.19. The molecule has 0 aliphatic heterocycles. The van der Waals surface area contributed by atoms with Crippen molar-refractivity contribution in [3.05, 3.63) is 60.4 Å². The molecular weight excluding hydrogens is 316 g/mol. The molecule has 3 aromatic rings. The number of H-pyrrole nitrogens is 1. The van der Waals surface area contributed by atoms with Crippen LogP contribution >= 0.6 is 12.2 Å². The third-order valence-corrected chi connectivity index (χ3v) is 4.00. The Morgan fingerprint density at radius 2 is 1.79 bits per heavy atom. The van der Waals surface area contributed by atoms with Crippen LogP contribution in [0.3, 0.4) is 0 Å². The smallest absolute Gasteiger partial charge is 0.171 e. The summed E-state index contributed by atoms with van der Waals surface area (Å²) in [5.74, 6) is 1.44. The largest absolute Gasteiger partial charge is 0.352 e. The van der Waals surface area contributed by atoms with Crippen molar-refractivity contribution >= 4 is 34.1 Å². The van der Waals surface area contributed by atoms with E-state index in [-0.39, 0.29) is 6.04 Å². The molecule has 2 aromatic carbocycles. The number of hydrogen-bond acceptors (Lipinski definition) is 2. The van der Waals surface area contributed by atoms with Crippen molar-refractivity contribution < 1.29 is 0 Å². The van der Waals surface area contributed by atoms with Crippen LogP contribution in [-0.4, -0.2) is 15.1 Å². The number of thiocarbonyl (C=S) groups is 1. The van der Waals surface area contributed by atoms with Gasteiger partial charge in [0.2, 0.25) is 0 Å². The van der Waals surface area contributed by atoms with E-state index in [1.54, 1.807) is 0 Å². The third-order valence-electron chi connectivity index (χ3n) is 3.78. The number of aromatic amines is 1. The van der Waals surface area contributed by atoms with Crippen molar-refractivity contribution in [2.24, 2.45) is 5.92 Å². The molecule has 1 aromatic heterocycles. The summed E-state index contributed by atoms with van der Waals surface area (Å²) >= 11 is 5.48. The standard InChI is InChI=1S/C19H22N4S/c1-13(2)12-17(18-21-15-10-6-7-11-16(15)22-18)23-19(24)20-14-8-4-3-5-9-14/h3-11,13,17H,12H2,1-2H3,(H,21,22)(H2,20,23,24)/t17-/m1/s1. The summed E-state index contributed by atoms with van der Waals surface area (Å²) < 4.78 is 0. The van der Waals surface area contributed by atoms with Crippen LogP contribution in [0.5, 0.6) is 0 Å². The lowest BCUT2D eigenvalue weighted by Crippen LogP contribution is -2.33. The van der Waals surface area contributed by atoms with E-state index >= 15 is 0 Å². The molecule has 0 radical (unpaired) electrons. The Hall–Kier alpha value is -2.40. The number of benzene rings is 2. The molecule has 0 bridgehead atoms. The summed E-state index contributed by atoms with van der Waals surface area (Å²) in [6.07, 6.45) is 0.941. The van der Waals surface area contributed by atoms with Crippen LogP contribution in [0.2, 0.25) is 0 Å². The molecule has 0 aliphatic carbocycles. The van der Waals surface area contributed by atoms with Crippen LogP contribution in [0.15, 0.2) is 54.6 Å². The van der Waals surface area contributed by atoms with Gasteiger partial charge in [0, 0.05) is 5.69 Å². The van der Waals surface area contributed by atoms with Gasteiger partial charge in [-0.25, -0.2) is 4.98 Å². The zero-order valence-electron chi connectivity index (χ0n) is 13.9. The van der Waals surface area contributed by atoms with Crippen molar-refractivity contribution in [2.75, 3.05) is 5.32 Å². The molecule has 0 fully saturated rings. The van der Waals surface area contributed by atoms with E-state index in [1.165, 1.54) is 0 Å². The fourth-order valence-corrected chi connectivity index (χ4v) is 2.95. The van der Waals surface area contributed by atoms with E-state index < -0.39 is 0 Å². The molecule has 1 atom stereocenters. The summed E-state index contributed by atoms with van der Waals surface area (Å²) in [5.41, 5.74) is 3.00. The van der Waals surface area contributed by atoms with Gasteiger partial charge in [0.15, 0.2) is 5.11 Å². The molecule has 4 nitrogen and oxygen atoms in total. The molecule has 1 heterocycles. The fraction of sp³-hybridized carbons (Fsp3) is 0.263. The number of imidazole rings is 1. The Labute approximate surface area is 147 Å². The average molecular weight is 338 g/mol. The summed E-state index contributed by atoms with van der Waals surface area (Å²) in [6, 6.07) is 18.0. The van der Waals surface area contributed by atoms with Gasteiger partial charge in [-0.1, -0.05) is 44.2 Å². The average Bonchev–Trinajstić information content (AvgIpc) is 2.98. The van der Waals surface area contributed by atoms with Crippen LogP contribution < -0.4 is 10.6 Å². The van der Waals surface area contributed by atoms with E-state index in [0.29, 0.717) is 11.0 Å². The molecule has 0 aliphatic rings. The first kappa shape index (κ1) is 16.5. The first-order valence-corrected chi connectivity index (χ1v) is 8.60. The van der Waals surface area contributed by atoms with Crippen LogP contribution in [-0.2, 0) is 0 Å². The highest BCUT2D eigenvalue weighted by molar-refractivity contribution is 7.80. The van der Waals surface area contributed by atoms with Crippen molar-refractivity contribution in [2.45, 2.75) is 26.3 Å². The van der Waals surface area contributed by atoms with Gasteiger partial charge in [-0.05, 0) is 48.8 Å². The zero-order chi connectivity index (χ0) is 16.9. The van der Waals surface area contributed by atoms with Crippen molar-refractivity contribution in [1.29, 1.82) is 0 Å². The normalized spacial score (nSPS) is 12.3. The highest BCUT2D eigenvalue weighted by Gasteiger charge is 2.18. The Balaban J connectivity index is 1.77. The molecule has 24 heavy (non-hydrogen) atoms. The summed E-state index contributed by atoms with van der Waals surface area (Å²) in [7, 11) is 0. The van der Waals surface area contributed by atoms with E-state index in [9.17, 15) is 0 Å². The Morgan fingerprint density at radius 1 is 1.08 bits per heavy atom. The third kappa shape index (κ3) is 4.11. The molecule has 3 N–H and O–H groups in total. The molecule has 0 saturated carbocycles. The van der Waals surface area contributed by atoms with E-state index in [0.717, 1.165) is 29.0 Å². The predicted octanol–water partition coefficient (Wildman–Crippen LogP) is 4.64. The van der Waals surface area contributed by atoms with Crippen molar-refractivity contribution in [3.8, 4) is 0 Å². The fourth-order valence-electron chi connectivity index (χ4n) is 2.69. The lowest BCUT2D eigenvalue weighted by Gasteiger charge is -2.21. The summed E-state index contributed by atoms with van der Waals surface area (Å²) in [4.78, 5) is 8.13. The summed E-state index contributed by atoms with van der Waals surface area (Å²) in [5, 5.41) is 7.23. The maximum Gasteiger partial charge on any atom is 0.171 e. The van der Waals surface area contributed by atoms with Crippen LogP contribution in [0, 0.1) is 5.92 Å². The predicted molar refractivity (Wildman–Crippen MR) is 104 cm³/mol. The minimum absolute atomic E-state index is 0.0427. The lowest BCUT2D eigenvalue weighted by atomic mass is 10.0. The number of para-hydroxylation sites is 3. The van der Waals surface area contributed by atoms with Gasteiger partial charge in [-0.3, -0.25) is 0 Å². The number of fused-ring (bicyclic) bond motifs is 1. The van der Waals surface area contributed by atoms with Gasteiger partial charge in [0.05, 0.1) is 17.1 Å². The van der Waals surface area contributed by atoms with Crippen molar-refractivity contribution in [3.63, 3.8) is 0 Å². The van der Waals surface area contributed by atoms with E-state index in [2.05, 4.69) is 29.5 Å². The Kier molecular flexibility index (Phi) is 5.11. The van der Waals surface area contributed by atoms with Gasteiger partial charge in [0.1, 0.15) is 5.82 Å². The first-order chi connectivity index (χ1) is 11.6. The van der Waals surface area contributed by atoms with Gasteiger partial charge >= 0.3 is 0 Å². The number of anilines is 1. The molecule has 3 rings (SSSR count). The maximum absolute atomic E-state index is 5.48. The van der Waals surface area contributed by atoms with Crippen LogP contribution in [0.25, 0.3) is 11.0 Å². The van der Waals surface area contributed by atoms with Gasteiger partial charge < -0.3 is 15.6 Å². The Bertz CT molecular complexity index is 777. The molecule has 124 valence electrons. The van der Waals surface area contributed by atoms with Gasteiger partial charge in [0.25, 0.3) is 0 Å². The number of aromatic nitrogens is 2. The second-order valence-corrected chi connectivity index (χ2v) is 6.69. The van der Waals surface area contributed by atoms with E-state index in [1.807, 2.05) is 54.6 Å². The Morgan fingerprint density at radius 3 is 2.50 bits per heavy atom. The number of nitrogens with zero attached hydrogens (tertiary/aromatic N) is 1. The van der Waals surface area contributed by atoms with Crippen LogP contribution in [0.4, 0.5) is 5.69 Å². The van der Waals surface area contributed by atoms with Crippen LogP contribution in [0.1, 0.15) is 32.1 Å². The number of nitrogens with one attached hydrogen (secondary N) is 3. The number of hydrogen-bond donors (Lipinski definition) is 3. The number of rotatable bonds is 5. The second kappa shape index (κ2) is 7.45. The quantitative estimate of drug-likeness (QED) is 0.593. The SMILES string of the molecule is CC(C)C[C@@H](NC(=S)Nc1ccccc1)c1nc2ccccc2[nH]1. The molecule has 0 spiro atoms. The minimum Gasteiger partial charge on any atom is -0.352 e. The second-order valence-electron chi connectivity index (χ2n) is 6.29. The van der Waals surface area contributed by atoms with Gasteiger partial charge in [-0.15, -0.1) is 0 Å². The molecule has 0 saturated heterocycles. The molecular formula is C19H22N4S. The highest BCUT2D eigenvalue weighted by Crippen LogP contribution is 2.22. The molecule has 5 heteroatoms. The molecule has 0 unspecified atom stereocenters. The van der Waals surface area contributed by atoms with Crippen molar-refractivity contribution in [1.82, 2.24) is 15.3 Å². The van der Waals surface area contributed by atoms with E-state index in [4.69, 9.17) is 17.2 Å². The monoisotopic (exact) mass is 338 g/mol. The topological polar surface area (TPSA) is 52.7 Å². The lowest BCUT2D eigenvalue weighted by molar-refractivity contribution is 0.467.